The van der Waals surface area contributed by atoms with E-state index in [1.54, 1.807) is 0 Å². The van der Waals surface area contributed by atoms with Crippen LogP contribution in [0.4, 0.5) is 10.1 Å². The molecule has 1 aromatic carbocycles. The summed E-state index contributed by atoms with van der Waals surface area (Å²) in [5, 5.41) is 0.698. The SMILES string of the molecule is C=CC(=O)N1CC[C@H]2CCN(c3c(F)cc(C(N)=O)c4[nH]c(C)c(C)c34)C[C@H]21. The van der Waals surface area contributed by atoms with Crippen LogP contribution in [0.15, 0.2) is 18.7 Å². The molecule has 1 aromatic heterocycles. The van der Waals surface area contributed by atoms with Crippen LogP contribution in [-0.4, -0.2) is 47.4 Å². The van der Waals surface area contributed by atoms with Gasteiger partial charge in [-0.3, -0.25) is 9.59 Å². The number of likely N-dealkylation sites (tertiary alicyclic amines) is 1. The van der Waals surface area contributed by atoms with Crippen LogP contribution in [0.25, 0.3) is 10.9 Å². The van der Waals surface area contributed by atoms with Crippen molar-refractivity contribution in [1.82, 2.24) is 9.88 Å². The summed E-state index contributed by atoms with van der Waals surface area (Å²) in [6, 6.07) is 1.27. The maximum Gasteiger partial charge on any atom is 0.250 e. The molecule has 2 aliphatic heterocycles. The monoisotopic (exact) mass is 384 g/mol. The van der Waals surface area contributed by atoms with Crippen molar-refractivity contribution in [3.8, 4) is 0 Å². The second kappa shape index (κ2) is 6.65. The van der Waals surface area contributed by atoms with Crippen LogP contribution in [0.3, 0.4) is 0 Å². The standard InChI is InChI=1S/C21H25FN4O2/c1-4-17(27)26-8-6-13-5-7-25(10-16(13)26)20-15(22)9-14(21(23)28)19-18(20)11(2)12(3)24-19/h4,9,13,16,24H,1,5-8,10H2,2-3H3,(H2,23,28)/t13-,16-/m1/s1. The number of benzene rings is 1. The number of hydrogen-bond acceptors (Lipinski definition) is 3. The van der Waals surface area contributed by atoms with Gasteiger partial charge in [-0.2, -0.15) is 0 Å². The number of fused-ring (bicyclic) bond motifs is 2. The molecule has 2 atom stereocenters. The summed E-state index contributed by atoms with van der Waals surface area (Å²) >= 11 is 0. The Morgan fingerprint density at radius 3 is 2.71 bits per heavy atom. The van der Waals surface area contributed by atoms with Gasteiger partial charge < -0.3 is 20.5 Å². The number of rotatable bonds is 3. The van der Waals surface area contributed by atoms with Crippen LogP contribution in [0, 0.1) is 25.6 Å². The number of nitrogens with zero attached hydrogens (tertiary/aromatic N) is 2. The number of anilines is 1. The normalized spacial score (nSPS) is 21.8. The first-order chi connectivity index (χ1) is 13.3. The minimum Gasteiger partial charge on any atom is -0.367 e. The molecule has 0 bridgehead atoms. The molecular formula is C21H25FN4O2. The van der Waals surface area contributed by atoms with Crippen LogP contribution in [0.2, 0.25) is 0 Å². The number of nitrogens with two attached hydrogens (primary N) is 1. The average molecular weight is 384 g/mol. The lowest BCUT2D eigenvalue weighted by atomic mass is 9.91. The summed E-state index contributed by atoms with van der Waals surface area (Å²) in [6.45, 7) is 9.41. The van der Waals surface area contributed by atoms with Crippen molar-refractivity contribution in [3.63, 3.8) is 0 Å². The fraction of sp³-hybridized carbons (Fsp3) is 0.429. The fourth-order valence-corrected chi connectivity index (χ4v) is 4.84. The van der Waals surface area contributed by atoms with Gasteiger partial charge in [-0.15, -0.1) is 0 Å². The number of nitrogens with one attached hydrogen (secondary N) is 1. The lowest BCUT2D eigenvalue weighted by Gasteiger charge is -2.40. The molecule has 6 nitrogen and oxygen atoms in total. The van der Waals surface area contributed by atoms with E-state index >= 15 is 4.39 Å². The molecule has 2 saturated heterocycles. The van der Waals surface area contributed by atoms with Crippen molar-refractivity contribution in [2.24, 2.45) is 11.7 Å². The topological polar surface area (TPSA) is 82.4 Å². The van der Waals surface area contributed by atoms with Gasteiger partial charge in [0.15, 0.2) is 0 Å². The molecule has 0 saturated carbocycles. The van der Waals surface area contributed by atoms with Crippen molar-refractivity contribution in [2.45, 2.75) is 32.7 Å². The van der Waals surface area contributed by atoms with Crippen LogP contribution in [0.5, 0.6) is 0 Å². The van der Waals surface area contributed by atoms with Crippen LogP contribution >= 0.6 is 0 Å². The Balaban J connectivity index is 1.80. The fourth-order valence-electron chi connectivity index (χ4n) is 4.84. The third kappa shape index (κ3) is 2.68. The Morgan fingerprint density at radius 2 is 2.04 bits per heavy atom. The Labute approximate surface area is 163 Å². The Kier molecular flexibility index (Phi) is 4.40. The predicted octanol–water partition coefficient (Wildman–Crippen LogP) is 2.64. The molecule has 0 radical (unpaired) electrons. The van der Waals surface area contributed by atoms with E-state index in [9.17, 15) is 9.59 Å². The van der Waals surface area contributed by atoms with Gasteiger partial charge >= 0.3 is 0 Å². The maximum absolute atomic E-state index is 15.2. The summed E-state index contributed by atoms with van der Waals surface area (Å²) in [4.78, 5) is 31.1. The molecule has 148 valence electrons. The zero-order chi connectivity index (χ0) is 20.2. The van der Waals surface area contributed by atoms with Gasteiger partial charge in [0.25, 0.3) is 5.91 Å². The zero-order valence-electron chi connectivity index (χ0n) is 16.2. The number of H-pyrrole nitrogens is 1. The van der Waals surface area contributed by atoms with E-state index in [0.717, 1.165) is 30.6 Å². The molecule has 2 amide bonds. The van der Waals surface area contributed by atoms with E-state index in [4.69, 9.17) is 5.73 Å². The van der Waals surface area contributed by atoms with Gasteiger partial charge in [-0.1, -0.05) is 6.58 Å². The molecule has 2 aromatic rings. The van der Waals surface area contributed by atoms with Crippen molar-refractivity contribution in [2.75, 3.05) is 24.5 Å². The van der Waals surface area contributed by atoms with E-state index in [1.165, 1.54) is 12.1 Å². The number of amides is 2. The summed E-state index contributed by atoms with van der Waals surface area (Å²) in [7, 11) is 0. The maximum atomic E-state index is 15.2. The largest absolute Gasteiger partial charge is 0.367 e. The molecule has 0 spiro atoms. The highest BCUT2D eigenvalue weighted by Gasteiger charge is 2.41. The third-order valence-corrected chi connectivity index (χ3v) is 6.41. The minimum absolute atomic E-state index is 0.0462. The number of aromatic nitrogens is 1. The first-order valence-corrected chi connectivity index (χ1v) is 9.62. The van der Waals surface area contributed by atoms with E-state index < -0.39 is 11.7 Å². The van der Waals surface area contributed by atoms with Gasteiger partial charge in [0.1, 0.15) is 5.82 Å². The lowest BCUT2D eigenvalue weighted by molar-refractivity contribution is -0.127. The summed E-state index contributed by atoms with van der Waals surface area (Å²) < 4.78 is 15.2. The van der Waals surface area contributed by atoms with Crippen molar-refractivity contribution < 1.29 is 14.0 Å². The zero-order valence-corrected chi connectivity index (χ0v) is 16.2. The molecule has 0 aliphatic carbocycles. The van der Waals surface area contributed by atoms with Crippen LogP contribution in [0.1, 0.15) is 34.5 Å². The Hall–Kier alpha value is -2.83. The van der Waals surface area contributed by atoms with Gasteiger partial charge in [0, 0.05) is 30.7 Å². The number of aromatic amines is 1. The number of halogens is 1. The highest BCUT2D eigenvalue weighted by Crippen LogP contribution is 2.40. The van der Waals surface area contributed by atoms with E-state index in [1.807, 2.05) is 23.6 Å². The molecule has 3 heterocycles. The molecule has 28 heavy (non-hydrogen) atoms. The van der Waals surface area contributed by atoms with Crippen molar-refractivity contribution >= 4 is 28.4 Å². The highest BCUT2D eigenvalue weighted by atomic mass is 19.1. The summed E-state index contributed by atoms with van der Waals surface area (Å²) in [5.74, 6) is -0.759. The number of hydrogen-bond donors (Lipinski definition) is 2. The van der Waals surface area contributed by atoms with E-state index in [-0.39, 0.29) is 17.5 Å². The minimum atomic E-state index is -0.658. The predicted molar refractivity (Wildman–Crippen MR) is 107 cm³/mol. The van der Waals surface area contributed by atoms with Crippen LogP contribution < -0.4 is 10.6 Å². The smallest absolute Gasteiger partial charge is 0.250 e. The number of primary amides is 1. The van der Waals surface area contributed by atoms with Crippen LogP contribution in [-0.2, 0) is 4.79 Å². The lowest BCUT2D eigenvalue weighted by Crippen LogP contribution is -2.50. The first-order valence-electron chi connectivity index (χ1n) is 9.62. The molecule has 2 fully saturated rings. The number of carbonyl (C=O) groups excluding carboxylic acids is 2. The van der Waals surface area contributed by atoms with Crippen molar-refractivity contribution in [1.29, 1.82) is 0 Å². The number of piperidine rings is 1. The molecular weight excluding hydrogens is 359 g/mol. The van der Waals surface area contributed by atoms with Crippen molar-refractivity contribution in [3.05, 3.63) is 41.4 Å². The van der Waals surface area contributed by atoms with Gasteiger partial charge in [0.2, 0.25) is 5.91 Å². The summed E-state index contributed by atoms with van der Waals surface area (Å²) in [5.41, 5.74) is 8.48. The summed E-state index contributed by atoms with van der Waals surface area (Å²) in [6.07, 6.45) is 3.22. The average Bonchev–Trinajstić information content (AvgIpc) is 3.22. The molecule has 0 unspecified atom stereocenters. The second-order valence-electron chi connectivity index (χ2n) is 7.83. The molecule has 3 N–H and O–H groups in total. The Bertz CT molecular complexity index is 996. The van der Waals surface area contributed by atoms with Gasteiger partial charge in [-0.05, 0) is 50.3 Å². The molecule has 7 heteroatoms. The molecule has 4 rings (SSSR count). The quantitative estimate of drug-likeness (QED) is 0.798. The van der Waals surface area contributed by atoms with E-state index in [0.29, 0.717) is 35.6 Å². The second-order valence-corrected chi connectivity index (χ2v) is 7.83. The van der Waals surface area contributed by atoms with Gasteiger partial charge in [-0.25, -0.2) is 4.39 Å². The van der Waals surface area contributed by atoms with E-state index in [2.05, 4.69) is 11.6 Å². The first kappa shape index (κ1) is 18.5. The number of aryl methyl sites for hydroxylation is 2. The number of carbonyl (C=O) groups is 2. The Morgan fingerprint density at radius 1 is 1.32 bits per heavy atom. The third-order valence-electron chi connectivity index (χ3n) is 6.41. The van der Waals surface area contributed by atoms with Gasteiger partial charge in [0.05, 0.1) is 22.8 Å². The highest BCUT2D eigenvalue weighted by molar-refractivity contribution is 6.10. The molecule has 2 aliphatic rings.